The van der Waals surface area contributed by atoms with Gasteiger partial charge < -0.3 is 15.1 Å². The Labute approximate surface area is 213 Å². The van der Waals surface area contributed by atoms with Crippen molar-refractivity contribution in [2.75, 3.05) is 24.5 Å². The van der Waals surface area contributed by atoms with Crippen molar-refractivity contribution in [1.29, 1.82) is 0 Å². The predicted molar refractivity (Wildman–Crippen MR) is 137 cm³/mol. The maximum absolute atomic E-state index is 13.6. The van der Waals surface area contributed by atoms with Crippen LogP contribution in [0.1, 0.15) is 24.0 Å². The Balaban J connectivity index is 1.53. The summed E-state index contributed by atoms with van der Waals surface area (Å²) in [6, 6.07) is 10.6. The molecule has 0 spiro atoms. The molecule has 1 amide bonds. The van der Waals surface area contributed by atoms with E-state index in [9.17, 15) is 27.9 Å². The summed E-state index contributed by atoms with van der Waals surface area (Å²) >= 11 is 1.19. The molecule has 0 aliphatic carbocycles. The molecule has 12 heteroatoms. The van der Waals surface area contributed by atoms with Gasteiger partial charge in [0.05, 0.1) is 10.6 Å². The number of rotatable bonds is 6. The van der Waals surface area contributed by atoms with Crippen LogP contribution in [-0.2, 0) is 14.9 Å². The summed E-state index contributed by atoms with van der Waals surface area (Å²) in [7, 11) is -4.58. The van der Waals surface area contributed by atoms with E-state index in [0.29, 0.717) is 16.4 Å². The monoisotopic (exact) mass is 530 g/mol. The van der Waals surface area contributed by atoms with Gasteiger partial charge in [0.1, 0.15) is 4.90 Å². The first kappa shape index (κ1) is 24.8. The molecule has 10 nitrogen and oxygen atoms in total. The highest BCUT2D eigenvalue weighted by Gasteiger charge is 2.40. The van der Waals surface area contributed by atoms with Crippen LogP contribution in [0.4, 0.5) is 11.4 Å². The van der Waals surface area contributed by atoms with Crippen LogP contribution in [0, 0.1) is 23.0 Å². The van der Waals surface area contributed by atoms with E-state index in [2.05, 4.69) is 10.2 Å². The van der Waals surface area contributed by atoms with Gasteiger partial charge in [-0.15, -0.1) is 0 Å². The second-order valence-electron chi connectivity index (χ2n) is 9.38. The number of nitro benzene ring substituents is 1. The molecule has 6 rings (SSSR count). The third-order valence-corrected chi connectivity index (χ3v) is 9.13. The highest BCUT2D eigenvalue weighted by molar-refractivity contribution is 8.09. The number of nitro groups is 1. The molecule has 0 aromatic heterocycles. The average Bonchev–Trinajstić information content (AvgIpc) is 3.30. The van der Waals surface area contributed by atoms with E-state index in [4.69, 9.17) is 0 Å². The molecule has 2 aromatic carbocycles. The van der Waals surface area contributed by atoms with Crippen molar-refractivity contribution in [2.45, 2.75) is 36.1 Å². The maximum Gasteiger partial charge on any atom is 0.296 e. The number of amides is 1. The van der Waals surface area contributed by atoms with E-state index in [0.717, 1.165) is 38.0 Å². The van der Waals surface area contributed by atoms with Crippen LogP contribution in [-0.4, -0.2) is 59.8 Å². The number of fused-ring (bicyclic) bond motifs is 3. The summed E-state index contributed by atoms with van der Waals surface area (Å²) in [5.74, 6) is 0.119. The zero-order valence-electron chi connectivity index (χ0n) is 19.5. The first-order valence-corrected chi connectivity index (χ1v) is 13.9. The van der Waals surface area contributed by atoms with Gasteiger partial charge in [-0.05, 0) is 62.0 Å². The number of thioether (sulfide) groups is 1. The fourth-order valence-electron chi connectivity index (χ4n) is 5.12. The minimum Gasteiger partial charge on any atom is -0.349 e. The van der Waals surface area contributed by atoms with Crippen molar-refractivity contribution in [3.63, 3.8) is 0 Å². The quantitative estimate of drug-likeness (QED) is 0.328. The van der Waals surface area contributed by atoms with Crippen molar-refractivity contribution in [1.82, 2.24) is 10.2 Å². The van der Waals surface area contributed by atoms with Gasteiger partial charge in [-0.25, -0.2) is 0 Å². The highest BCUT2D eigenvalue weighted by Crippen LogP contribution is 2.44. The van der Waals surface area contributed by atoms with Gasteiger partial charge in [0.15, 0.2) is 5.37 Å². The minimum atomic E-state index is -4.58. The van der Waals surface area contributed by atoms with Gasteiger partial charge in [-0.2, -0.15) is 8.42 Å². The first-order valence-electron chi connectivity index (χ1n) is 11.6. The molecule has 2 N–H and O–H groups in total. The molecule has 2 aromatic rings. The second kappa shape index (κ2) is 9.51. The zero-order valence-corrected chi connectivity index (χ0v) is 21.2. The van der Waals surface area contributed by atoms with Crippen LogP contribution in [0.15, 0.2) is 53.6 Å². The maximum atomic E-state index is 13.6. The van der Waals surface area contributed by atoms with Crippen LogP contribution in [0.5, 0.6) is 0 Å². The highest BCUT2D eigenvalue weighted by atomic mass is 32.2. The number of hydrogen-bond donors (Lipinski definition) is 2. The lowest BCUT2D eigenvalue weighted by molar-refractivity contribution is -0.384. The summed E-state index contributed by atoms with van der Waals surface area (Å²) in [5.41, 5.74) is 1.36. The van der Waals surface area contributed by atoms with Gasteiger partial charge >= 0.3 is 0 Å². The van der Waals surface area contributed by atoms with Crippen molar-refractivity contribution in [3.05, 3.63) is 69.9 Å². The number of hydrogen-bond acceptors (Lipinski definition) is 8. The lowest BCUT2D eigenvalue weighted by atomic mass is 9.84. The molecule has 2 atom stereocenters. The topological polar surface area (TPSA) is 133 Å². The number of nitrogens with zero attached hydrogens (tertiary/aromatic N) is 3. The lowest BCUT2D eigenvalue weighted by Crippen LogP contribution is -2.59. The molecule has 1 unspecified atom stereocenters. The van der Waals surface area contributed by atoms with Crippen LogP contribution < -0.4 is 10.2 Å². The van der Waals surface area contributed by atoms with Crippen molar-refractivity contribution < 1.29 is 22.7 Å². The number of non-ortho nitro benzene ring substituents is 1. The minimum absolute atomic E-state index is 0.00265. The Morgan fingerprint density at radius 3 is 2.58 bits per heavy atom. The first-order chi connectivity index (χ1) is 17.1. The standard InChI is InChI=1S/C24H26N4O6S2/c1-15-5-6-22(36(32,33)34)20(11-15)27-14-21(17-3-2-4-18(12-17)28(30)31)35-24(27)23(29)25-19-13-26-9-7-16(19)8-10-26/h2-6,11-12,14,16,19,24H,7-10,13H2,1H3,(H,25,29)(H,32,33,34)/t19-,24?/m0/s1. The largest absolute Gasteiger partial charge is 0.349 e. The van der Waals surface area contributed by atoms with Crippen molar-refractivity contribution in [3.8, 4) is 0 Å². The number of nitrogens with one attached hydrogen (secondary N) is 1. The van der Waals surface area contributed by atoms with Crippen LogP contribution in [0.25, 0.3) is 4.91 Å². The molecule has 2 bridgehead atoms. The fourth-order valence-corrected chi connectivity index (χ4v) is 6.93. The van der Waals surface area contributed by atoms with E-state index in [1.165, 1.54) is 34.9 Å². The van der Waals surface area contributed by atoms with E-state index in [1.54, 1.807) is 37.4 Å². The number of benzene rings is 2. The fraction of sp³-hybridized carbons (Fsp3) is 0.375. The average molecular weight is 531 g/mol. The van der Waals surface area contributed by atoms with Crippen molar-refractivity contribution >= 4 is 44.1 Å². The van der Waals surface area contributed by atoms with Gasteiger partial charge in [0, 0.05) is 35.8 Å². The molecule has 190 valence electrons. The number of anilines is 1. The Morgan fingerprint density at radius 2 is 1.94 bits per heavy atom. The number of carbonyl (C=O) groups excluding carboxylic acids is 1. The summed E-state index contributed by atoms with van der Waals surface area (Å²) in [6.45, 7) is 4.62. The Bertz CT molecular complexity index is 1350. The van der Waals surface area contributed by atoms with Crippen molar-refractivity contribution in [2.24, 2.45) is 5.92 Å². The molecule has 36 heavy (non-hydrogen) atoms. The second-order valence-corrected chi connectivity index (χ2v) is 11.9. The molecule has 3 saturated heterocycles. The molecule has 0 saturated carbocycles. The summed E-state index contributed by atoms with van der Waals surface area (Å²) in [5, 5.41) is 13.6. The predicted octanol–water partition coefficient (Wildman–Crippen LogP) is 3.24. The van der Waals surface area contributed by atoms with Gasteiger partial charge in [-0.3, -0.25) is 19.5 Å². The van der Waals surface area contributed by atoms with E-state index in [-0.39, 0.29) is 28.2 Å². The molecule has 0 radical (unpaired) electrons. The Kier molecular flexibility index (Phi) is 6.54. The van der Waals surface area contributed by atoms with Gasteiger partial charge in [0.2, 0.25) is 0 Å². The lowest BCUT2D eigenvalue weighted by Gasteiger charge is -2.45. The van der Waals surface area contributed by atoms with E-state index in [1.807, 2.05) is 0 Å². The number of carbonyl (C=O) groups is 1. The van der Waals surface area contributed by atoms with Crippen LogP contribution in [0.3, 0.4) is 0 Å². The van der Waals surface area contributed by atoms with Crippen LogP contribution >= 0.6 is 11.8 Å². The summed E-state index contributed by atoms with van der Waals surface area (Å²) in [4.78, 5) is 28.6. The summed E-state index contributed by atoms with van der Waals surface area (Å²) in [6.07, 6.45) is 3.66. The third kappa shape index (κ3) is 4.85. The van der Waals surface area contributed by atoms with Gasteiger partial charge in [-0.1, -0.05) is 30.0 Å². The van der Waals surface area contributed by atoms with E-state index >= 15 is 0 Å². The Morgan fingerprint density at radius 1 is 1.19 bits per heavy atom. The molecular weight excluding hydrogens is 504 g/mol. The molecular formula is C24H26N4O6S2. The normalized spacial score (nSPS) is 25.5. The van der Waals surface area contributed by atoms with Gasteiger partial charge in [0.25, 0.3) is 21.7 Å². The molecule has 4 heterocycles. The number of piperidine rings is 3. The Hall–Kier alpha value is -2.93. The smallest absolute Gasteiger partial charge is 0.296 e. The number of aryl methyl sites for hydroxylation is 1. The summed E-state index contributed by atoms with van der Waals surface area (Å²) < 4.78 is 34.3. The SMILES string of the molecule is Cc1ccc(S(=O)(=O)O)c(N2C=C(c3cccc([N+](=O)[O-])c3)SC2C(=O)N[C@H]2CN3CCC2CC3)c1. The third-order valence-electron chi connectivity index (χ3n) is 6.97. The zero-order chi connectivity index (χ0) is 25.6. The molecule has 4 aliphatic heterocycles. The van der Waals surface area contributed by atoms with Crippen LogP contribution in [0.2, 0.25) is 0 Å². The van der Waals surface area contributed by atoms with E-state index < -0.39 is 20.4 Å². The molecule has 3 fully saturated rings. The molecule has 4 aliphatic rings.